The molecule has 0 aromatic carbocycles. The summed E-state index contributed by atoms with van der Waals surface area (Å²) in [4.78, 5) is 13.6. The van der Waals surface area contributed by atoms with Crippen LogP contribution in [0.3, 0.4) is 0 Å². The zero-order valence-electron chi connectivity index (χ0n) is 10.3. The molecule has 1 aromatic rings. The number of aryl methyl sites for hydroxylation is 2. The Morgan fingerprint density at radius 3 is 2.75 bits per heavy atom. The van der Waals surface area contributed by atoms with Crippen LogP contribution >= 0.6 is 0 Å². The molecule has 1 atom stereocenters. The predicted molar refractivity (Wildman–Crippen MR) is 61.2 cm³/mol. The minimum absolute atomic E-state index is 0.0660. The van der Waals surface area contributed by atoms with Crippen molar-refractivity contribution in [1.82, 2.24) is 14.7 Å². The highest BCUT2D eigenvalue weighted by atomic mass is 16.3. The van der Waals surface area contributed by atoms with E-state index in [2.05, 4.69) is 5.10 Å². The average molecular weight is 225 g/mol. The molecule has 0 aliphatic heterocycles. The van der Waals surface area contributed by atoms with Crippen molar-refractivity contribution in [2.75, 3.05) is 13.6 Å². The van der Waals surface area contributed by atoms with Crippen molar-refractivity contribution < 1.29 is 9.90 Å². The maximum absolute atomic E-state index is 12.0. The number of aliphatic hydroxyl groups is 1. The molecule has 1 aromatic heterocycles. The van der Waals surface area contributed by atoms with E-state index in [0.717, 1.165) is 5.69 Å². The van der Waals surface area contributed by atoms with Gasteiger partial charge in [-0.2, -0.15) is 5.10 Å². The van der Waals surface area contributed by atoms with Crippen LogP contribution in [0.1, 0.15) is 29.5 Å². The Hall–Kier alpha value is -1.36. The van der Waals surface area contributed by atoms with Gasteiger partial charge in [-0.1, -0.05) is 0 Å². The second-order valence-corrected chi connectivity index (χ2v) is 4.16. The maximum atomic E-state index is 12.0. The summed E-state index contributed by atoms with van der Waals surface area (Å²) in [6, 6.07) is 1.77. The molecule has 1 heterocycles. The molecule has 0 aliphatic carbocycles. The lowest BCUT2D eigenvalue weighted by molar-refractivity contribution is 0.0758. The van der Waals surface area contributed by atoms with Gasteiger partial charge in [0.05, 0.1) is 11.8 Å². The Bertz CT molecular complexity index is 371. The van der Waals surface area contributed by atoms with Crippen LogP contribution in [0.25, 0.3) is 0 Å². The van der Waals surface area contributed by atoms with Crippen molar-refractivity contribution in [3.05, 3.63) is 17.5 Å². The fourth-order valence-corrected chi connectivity index (χ4v) is 1.49. The standard InChI is InChI=1S/C11H19N3O2/c1-8-7-10(14(4)12-8)11(16)13(3)6-5-9(2)15/h7,9,15H,5-6H2,1-4H3. The first-order valence-corrected chi connectivity index (χ1v) is 5.36. The Balaban J connectivity index is 2.67. The molecule has 0 saturated heterocycles. The number of rotatable bonds is 4. The summed E-state index contributed by atoms with van der Waals surface area (Å²) >= 11 is 0. The fraction of sp³-hybridized carbons (Fsp3) is 0.636. The molecule has 0 spiro atoms. The Kier molecular flexibility index (Phi) is 4.06. The number of carbonyl (C=O) groups is 1. The van der Waals surface area contributed by atoms with Crippen molar-refractivity contribution >= 4 is 5.91 Å². The van der Waals surface area contributed by atoms with E-state index in [1.54, 1.807) is 36.7 Å². The van der Waals surface area contributed by atoms with Crippen LogP contribution in [0.15, 0.2) is 6.07 Å². The first-order chi connectivity index (χ1) is 7.41. The van der Waals surface area contributed by atoms with Gasteiger partial charge in [-0.05, 0) is 26.3 Å². The molecule has 5 nitrogen and oxygen atoms in total. The smallest absolute Gasteiger partial charge is 0.271 e. The average Bonchev–Trinajstić information content (AvgIpc) is 2.53. The number of aromatic nitrogens is 2. The van der Waals surface area contributed by atoms with E-state index in [-0.39, 0.29) is 12.0 Å². The van der Waals surface area contributed by atoms with Gasteiger partial charge in [0.2, 0.25) is 0 Å². The molecule has 0 aliphatic rings. The van der Waals surface area contributed by atoms with Crippen molar-refractivity contribution in [3.63, 3.8) is 0 Å². The lowest BCUT2D eigenvalue weighted by Gasteiger charge is -2.17. The fourth-order valence-electron chi connectivity index (χ4n) is 1.49. The quantitative estimate of drug-likeness (QED) is 0.815. The minimum Gasteiger partial charge on any atom is -0.393 e. The van der Waals surface area contributed by atoms with Crippen molar-refractivity contribution in [3.8, 4) is 0 Å². The van der Waals surface area contributed by atoms with Crippen LogP contribution in [0, 0.1) is 6.92 Å². The highest BCUT2D eigenvalue weighted by molar-refractivity contribution is 5.92. The van der Waals surface area contributed by atoms with Crippen LogP contribution in [0.4, 0.5) is 0 Å². The van der Waals surface area contributed by atoms with E-state index in [1.807, 2.05) is 6.92 Å². The van der Waals surface area contributed by atoms with E-state index >= 15 is 0 Å². The van der Waals surface area contributed by atoms with Gasteiger partial charge in [0.15, 0.2) is 0 Å². The van der Waals surface area contributed by atoms with E-state index in [9.17, 15) is 4.79 Å². The molecular formula is C11H19N3O2. The number of hydrogen-bond acceptors (Lipinski definition) is 3. The Morgan fingerprint density at radius 2 is 2.31 bits per heavy atom. The monoisotopic (exact) mass is 225 g/mol. The van der Waals surface area contributed by atoms with E-state index in [4.69, 9.17) is 5.11 Å². The summed E-state index contributed by atoms with van der Waals surface area (Å²) in [5.41, 5.74) is 1.40. The van der Waals surface area contributed by atoms with E-state index < -0.39 is 0 Å². The number of nitrogens with zero attached hydrogens (tertiary/aromatic N) is 3. The summed E-state index contributed by atoms with van der Waals surface area (Å²) in [5, 5.41) is 13.3. The first kappa shape index (κ1) is 12.7. The van der Waals surface area contributed by atoms with Crippen molar-refractivity contribution in [1.29, 1.82) is 0 Å². The van der Waals surface area contributed by atoms with Gasteiger partial charge in [0.25, 0.3) is 5.91 Å². The molecule has 0 fully saturated rings. The highest BCUT2D eigenvalue weighted by Gasteiger charge is 2.16. The predicted octanol–water partition coefficient (Wildman–Crippen LogP) is 0.571. The summed E-state index contributed by atoms with van der Waals surface area (Å²) < 4.78 is 1.58. The molecule has 0 bridgehead atoms. The second kappa shape index (κ2) is 5.12. The molecule has 90 valence electrons. The van der Waals surface area contributed by atoms with Gasteiger partial charge in [0.1, 0.15) is 5.69 Å². The van der Waals surface area contributed by atoms with Gasteiger partial charge in [0, 0.05) is 20.6 Å². The van der Waals surface area contributed by atoms with Crippen LogP contribution in [-0.2, 0) is 7.05 Å². The maximum Gasteiger partial charge on any atom is 0.271 e. The van der Waals surface area contributed by atoms with Crippen LogP contribution in [0.2, 0.25) is 0 Å². The molecule has 0 radical (unpaired) electrons. The highest BCUT2D eigenvalue weighted by Crippen LogP contribution is 2.06. The SMILES string of the molecule is Cc1cc(C(=O)N(C)CCC(C)O)n(C)n1. The lowest BCUT2D eigenvalue weighted by atomic mass is 10.2. The Morgan fingerprint density at radius 1 is 1.69 bits per heavy atom. The van der Waals surface area contributed by atoms with Crippen molar-refractivity contribution in [2.45, 2.75) is 26.4 Å². The topological polar surface area (TPSA) is 58.4 Å². The van der Waals surface area contributed by atoms with Gasteiger partial charge >= 0.3 is 0 Å². The third-order valence-corrected chi connectivity index (χ3v) is 2.45. The zero-order valence-corrected chi connectivity index (χ0v) is 10.3. The molecule has 0 saturated carbocycles. The van der Waals surface area contributed by atoms with Crippen molar-refractivity contribution in [2.24, 2.45) is 7.05 Å². The van der Waals surface area contributed by atoms with Crippen LogP contribution in [0.5, 0.6) is 0 Å². The van der Waals surface area contributed by atoms with Gasteiger partial charge in [-0.25, -0.2) is 0 Å². The summed E-state index contributed by atoms with van der Waals surface area (Å²) in [7, 11) is 3.48. The number of amides is 1. The Labute approximate surface area is 95.7 Å². The third-order valence-electron chi connectivity index (χ3n) is 2.45. The summed E-state index contributed by atoms with van der Waals surface area (Å²) in [6.45, 7) is 4.11. The van der Waals surface area contributed by atoms with Gasteiger partial charge < -0.3 is 10.0 Å². The van der Waals surface area contributed by atoms with Crippen LogP contribution in [-0.4, -0.2) is 45.4 Å². The van der Waals surface area contributed by atoms with Gasteiger partial charge in [-0.15, -0.1) is 0 Å². The second-order valence-electron chi connectivity index (χ2n) is 4.16. The number of carbonyl (C=O) groups excluding carboxylic acids is 1. The third kappa shape index (κ3) is 3.06. The van der Waals surface area contributed by atoms with Gasteiger partial charge in [-0.3, -0.25) is 9.48 Å². The lowest BCUT2D eigenvalue weighted by Crippen LogP contribution is -2.30. The van der Waals surface area contributed by atoms with Crippen LogP contribution < -0.4 is 0 Å². The van der Waals surface area contributed by atoms with E-state index in [1.165, 1.54) is 0 Å². The summed E-state index contributed by atoms with van der Waals surface area (Å²) in [5.74, 6) is -0.0660. The molecule has 1 unspecified atom stereocenters. The molecule has 1 amide bonds. The zero-order chi connectivity index (χ0) is 12.3. The molecule has 1 N–H and O–H groups in total. The summed E-state index contributed by atoms with van der Waals surface area (Å²) in [6.07, 6.45) is 0.197. The first-order valence-electron chi connectivity index (χ1n) is 5.36. The minimum atomic E-state index is -0.386. The molecule has 16 heavy (non-hydrogen) atoms. The largest absolute Gasteiger partial charge is 0.393 e. The molecule has 5 heteroatoms. The normalized spacial score (nSPS) is 12.6. The number of aliphatic hydroxyl groups excluding tert-OH is 1. The number of hydrogen-bond donors (Lipinski definition) is 1. The van der Waals surface area contributed by atoms with E-state index in [0.29, 0.717) is 18.7 Å². The molecular weight excluding hydrogens is 206 g/mol. The molecule has 1 rings (SSSR count).